The Bertz CT molecular complexity index is 816. The van der Waals surface area contributed by atoms with E-state index in [0.717, 1.165) is 35.8 Å². The van der Waals surface area contributed by atoms with E-state index in [4.69, 9.17) is 0 Å². The quantitative estimate of drug-likeness (QED) is 0.619. The summed E-state index contributed by atoms with van der Waals surface area (Å²) in [5.74, 6) is 0.981. The fourth-order valence-electron chi connectivity index (χ4n) is 3.77. The van der Waals surface area contributed by atoms with Crippen LogP contribution in [0.4, 0.5) is 0 Å². The summed E-state index contributed by atoms with van der Waals surface area (Å²) in [7, 11) is 0. The largest absolute Gasteiger partial charge is 0.355 e. The molecule has 3 rings (SSSR count). The summed E-state index contributed by atoms with van der Waals surface area (Å²) in [6.45, 7) is 11.4. The molecule has 1 fully saturated rings. The molecule has 1 aromatic heterocycles. The molecule has 0 radical (unpaired) electrons. The number of carbonyl (C=O) groups excluding carboxylic acids is 1. The molecule has 1 heterocycles. The van der Waals surface area contributed by atoms with Crippen LogP contribution in [0.2, 0.25) is 0 Å². The lowest BCUT2D eigenvalue weighted by Crippen LogP contribution is -2.31. The second-order valence-electron chi connectivity index (χ2n) is 8.99. The average molecular weight is 415 g/mol. The van der Waals surface area contributed by atoms with Crippen LogP contribution in [0.15, 0.2) is 29.4 Å². The zero-order valence-electron chi connectivity index (χ0n) is 18.4. The third kappa shape index (κ3) is 5.21. The van der Waals surface area contributed by atoms with Gasteiger partial charge >= 0.3 is 0 Å². The van der Waals surface area contributed by atoms with E-state index >= 15 is 0 Å². The SMILES string of the molecule is CCCNC(=O)[C@@H](C)Sc1nnc(-c2ccc(C(C)(C)C)cc2)n1C1CCCC1. The number of amides is 1. The fourth-order valence-corrected chi connectivity index (χ4v) is 4.71. The van der Waals surface area contributed by atoms with Crippen LogP contribution in [0.3, 0.4) is 0 Å². The van der Waals surface area contributed by atoms with Crippen molar-refractivity contribution in [3.05, 3.63) is 29.8 Å². The van der Waals surface area contributed by atoms with Crippen molar-refractivity contribution in [1.82, 2.24) is 20.1 Å². The summed E-state index contributed by atoms with van der Waals surface area (Å²) in [6, 6.07) is 9.10. The maximum Gasteiger partial charge on any atom is 0.233 e. The molecule has 0 bridgehead atoms. The van der Waals surface area contributed by atoms with E-state index in [1.165, 1.54) is 30.2 Å². The van der Waals surface area contributed by atoms with Crippen molar-refractivity contribution in [3.63, 3.8) is 0 Å². The van der Waals surface area contributed by atoms with Crippen molar-refractivity contribution in [1.29, 1.82) is 0 Å². The van der Waals surface area contributed by atoms with E-state index in [2.05, 4.69) is 72.0 Å². The Kier molecular flexibility index (Phi) is 7.04. The monoisotopic (exact) mass is 414 g/mol. The van der Waals surface area contributed by atoms with Crippen molar-refractivity contribution in [3.8, 4) is 11.4 Å². The predicted molar refractivity (Wildman–Crippen MR) is 120 cm³/mol. The lowest BCUT2D eigenvalue weighted by Gasteiger charge is -2.20. The Balaban J connectivity index is 1.89. The summed E-state index contributed by atoms with van der Waals surface area (Å²) in [5.41, 5.74) is 2.52. The maximum atomic E-state index is 12.4. The van der Waals surface area contributed by atoms with Crippen LogP contribution in [0, 0.1) is 0 Å². The molecule has 0 unspecified atom stereocenters. The molecule has 158 valence electrons. The van der Waals surface area contributed by atoms with Gasteiger partial charge in [-0.1, -0.05) is 76.6 Å². The summed E-state index contributed by atoms with van der Waals surface area (Å²) in [5, 5.41) is 12.7. The first kappa shape index (κ1) is 21.9. The lowest BCUT2D eigenvalue weighted by atomic mass is 9.86. The van der Waals surface area contributed by atoms with Gasteiger partial charge in [0.2, 0.25) is 5.91 Å². The van der Waals surface area contributed by atoms with Crippen LogP contribution in [0.1, 0.15) is 78.3 Å². The van der Waals surface area contributed by atoms with Crippen molar-refractivity contribution in [2.75, 3.05) is 6.54 Å². The first-order chi connectivity index (χ1) is 13.8. The minimum atomic E-state index is -0.193. The standard InChI is InChI=1S/C23H34N4OS/c1-6-15-24-21(28)16(2)29-22-26-25-20(27(22)19-9-7-8-10-19)17-11-13-18(14-12-17)23(3,4)5/h11-14,16,19H,6-10,15H2,1-5H3,(H,24,28)/t16-/m1/s1. The number of benzene rings is 1. The Labute approximate surface area is 179 Å². The average Bonchev–Trinajstić information content (AvgIpc) is 3.35. The Morgan fingerprint density at radius 1 is 1.21 bits per heavy atom. The minimum Gasteiger partial charge on any atom is -0.355 e. The van der Waals surface area contributed by atoms with Crippen molar-refractivity contribution >= 4 is 17.7 Å². The van der Waals surface area contributed by atoms with Gasteiger partial charge in [0, 0.05) is 18.2 Å². The van der Waals surface area contributed by atoms with E-state index in [1.807, 2.05) is 6.92 Å². The van der Waals surface area contributed by atoms with Gasteiger partial charge in [0.15, 0.2) is 11.0 Å². The smallest absolute Gasteiger partial charge is 0.233 e. The number of thioether (sulfide) groups is 1. The van der Waals surface area contributed by atoms with E-state index in [0.29, 0.717) is 12.6 Å². The van der Waals surface area contributed by atoms with Crippen LogP contribution in [0.5, 0.6) is 0 Å². The van der Waals surface area contributed by atoms with Crippen molar-refractivity contribution in [2.24, 2.45) is 0 Å². The van der Waals surface area contributed by atoms with Crippen molar-refractivity contribution in [2.45, 2.75) is 88.6 Å². The molecule has 29 heavy (non-hydrogen) atoms. The van der Waals surface area contributed by atoms with Crippen molar-refractivity contribution < 1.29 is 4.79 Å². The first-order valence-corrected chi connectivity index (χ1v) is 11.7. The van der Waals surface area contributed by atoms with Gasteiger partial charge in [-0.2, -0.15) is 0 Å². The van der Waals surface area contributed by atoms with Crippen LogP contribution >= 0.6 is 11.8 Å². The van der Waals surface area contributed by atoms with Gasteiger partial charge in [0.25, 0.3) is 0 Å². The molecule has 1 N–H and O–H groups in total. The van der Waals surface area contributed by atoms with E-state index in [1.54, 1.807) is 0 Å². The number of hydrogen-bond acceptors (Lipinski definition) is 4. The fraction of sp³-hybridized carbons (Fsp3) is 0.609. The van der Waals surface area contributed by atoms with Gasteiger partial charge in [-0.15, -0.1) is 10.2 Å². The molecule has 1 aliphatic rings. The Morgan fingerprint density at radius 2 is 1.86 bits per heavy atom. The van der Waals surface area contributed by atoms with Crippen LogP contribution in [-0.2, 0) is 10.2 Å². The Morgan fingerprint density at radius 3 is 2.45 bits per heavy atom. The van der Waals surface area contributed by atoms with E-state index < -0.39 is 0 Å². The van der Waals surface area contributed by atoms with Gasteiger partial charge < -0.3 is 5.32 Å². The number of nitrogens with one attached hydrogen (secondary N) is 1. The van der Waals surface area contributed by atoms with Gasteiger partial charge in [-0.25, -0.2) is 0 Å². The molecular formula is C23H34N4OS. The Hall–Kier alpha value is -1.82. The molecule has 0 aliphatic heterocycles. The summed E-state index contributed by atoms with van der Waals surface area (Å²) in [6.07, 6.45) is 5.71. The molecule has 2 aromatic rings. The maximum absolute atomic E-state index is 12.4. The van der Waals surface area contributed by atoms with Crippen LogP contribution < -0.4 is 5.32 Å². The van der Waals surface area contributed by atoms with Crippen LogP contribution in [-0.4, -0.2) is 32.5 Å². The molecule has 1 amide bonds. The summed E-state index contributed by atoms with van der Waals surface area (Å²) < 4.78 is 2.29. The van der Waals surface area contributed by atoms with E-state index in [9.17, 15) is 4.79 Å². The zero-order chi connectivity index (χ0) is 21.0. The summed E-state index contributed by atoms with van der Waals surface area (Å²) >= 11 is 1.52. The number of carbonyl (C=O) groups is 1. The number of aromatic nitrogens is 3. The van der Waals surface area contributed by atoms with Gasteiger partial charge in [0.1, 0.15) is 0 Å². The second kappa shape index (κ2) is 9.33. The highest BCUT2D eigenvalue weighted by Crippen LogP contribution is 2.38. The van der Waals surface area contributed by atoms with Gasteiger partial charge in [-0.3, -0.25) is 9.36 Å². The highest BCUT2D eigenvalue weighted by molar-refractivity contribution is 8.00. The molecular weight excluding hydrogens is 380 g/mol. The molecule has 5 nitrogen and oxygen atoms in total. The zero-order valence-corrected chi connectivity index (χ0v) is 19.2. The molecule has 1 atom stereocenters. The lowest BCUT2D eigenvalue weighted by molar-refractivity contribution is -0.120. The molecule has 1 aromatic carbocycles. The molecule has 0 saturated heterocycles. The van der Waals surface area contributed by atoms with E-state index in [-0.39, 0.29) is 16.6 Å². The summed E-state index contributed by atoms with van der Waals surface area (Å²) in [4.78, 5) is 12.4. The predicted octanol–water partition coefficient (Wildman–Crippen LogP) is 5.36. The van der Waals surface area contributed by atoms with Crippen LogP contribution in [0.25, 0.3) is 11.4 Å². The number of nitrogens with zero attached hydrogens (tertiary/aromatic N) is 3. The first-order valence-electron chi connectivity index (χ1n) is 10.8. The molecule has 1 saturated carbocycles. The third-order valence-corrected chi connectivity index (χ3v) is 6.62. The highest BCUT2D eigenvalue weighted by atomic mass is 32.2. The number of hydrogen-bond donors (Lipinski definition) is 1. The van der Waals surface area contributed by atoms with Gasteiger partial charge in [-0.05, 0) is 37.2 Å². The molecule has 6 heteroatoms. The third-order valence-electron chi connectivity index (χ3n) is 5.56. The molecule has 0 spiro atoms. The molecule has 1 aliphatic carbocycles. The second-order valence-corrected chi connectivity index (χ2v) is 10.3. The highest BCUT2D eigenvalue weighted by Gasteiger charge is 2.27. The van der Waals surface area contributed by atoms with Gasteiger partial charge in [0.05, 0.1) is 5.25 Å². The minimum absolute atomic E-state index is 0.0638. The normalized spacial score (nSPS) is 16.2. The topological polar surface area (TPSA) is 59.8 Å². The number of rotatable bonds is 7.